The Labute approximate surface area is 225 Å². The fraction of sp³-hybridized carbons (Fsp3) is 0.308. The largest absolute Gasteiger partial charge is 0.497 e. The zero-order chi connectivity index (χ0) is 27.3. The highest BCUT2D eigenvalue weighted by Gasteiger charge is 2.23. The number of nitrogen functional groups attached to an aromatic ring is 1. The van der Waals surface area contributed by atoms with Crippen LogP contribution >= 0.6 is 23.1 Å². The Morgan fingerprint density at radius 2 is 1.81 bits per heavy atom. The Morgan fingerprint density at radius 3 is 2.41 bits per heavy atom. The molecule has 3 aromatic rings. The lowest BCUT2D eigenvalue weighted by Crippen LogP contribution is -2.46. The number of aliphatic imine (C=N–C) groups is 1. The summed E-state index contributed by atoms with van der Waals surface area (Å²) in [5.74, 6) is 0.144. The number of methoxy groups -OCH3 is 1. The number of benzene rings is 2. The molecule has 1 aromatic heterocycles. The van der Waals surface area contributed by atoms with Crippen molar-refractivity contribution in [1.29, 1.82) is 0 Å². The number of nitrogens with two attached hydrogens (primary N) is 1. The molecule has 0 aliphatic heterocycles. The third kappa shape index (κ3) is 7.43. The van der Waals surface area contributed by atoms with Gasteiger partial charge in [-0.15, -0.1) is 0 Å². The van der Waals surface area contributed by atoms with E-state index in [-0.39, 0.29) is 12.5 Å². The summed E-state index contributed by atoms with van der Waals surface area (Å²) in [5.41, 5.74) is 8.87. The molecule has 2 aromatic carbocycles. The van der Waals surface area contributed by atoms with E-state index >= 15 is 0 Å². The molecule has 1 heterocycles. The monoisotopic (exact) mass is 543 g/mol. The minimum Gasteiger partial charge on any atom is -0.497 e. The lowest BCUT2D eigenvalue weighted by molar-refractivity contribution is 0.0561. The summed E-state index contributed by atoms with van der Waals surface area (Å²) in [7, 11) is 1.58. The molecule has 0 saturated heterocycles. The minimum absolute atomic E-state index is 0.0730. The number of alkyl carbamates (subject to hydrolysis) is 1. The molecule has 0 radical (unpaired) electrons. The molecule has 4 N–H and O–H groups in total. The first-order chi connectivity index (χ1) is 17.4. The van der Waals surface area contributed by atoms with Gasteiger partial charge >= 0.3 is 6.09 Å². The Hall–Kier alpha value is -3.63. The van der Waals surface area contributed by atoms with Crippen LogP contribution in [0.25, 0.3) is 11.3 Å². The van der Waals surface area contributed by atoms with Crippen LogP contribution in [0.1, 0.15) is 47.1 Å². The molecule has 0 aliphatic rings. The van der Waals surface area contributed by atoms with Gasteiger partial charge in [0.05, 0.1) is 35.6 Å². The topological polar surface area (TPSA) is 128 Å². The molecule has 0 saturated carbocycles. The normalized spacial score (nSPS) is 11.7. The molecular weight excluding hydrogens is 514 g/mol. The molecule has 0 unspecified atom stereocenters. The van der Waals surface area contributed by atoms with Crippen molar-refractivity contribution in [2.45, 2.75) is 46.8 Å². The summed E-state index contributed by atoms with van der Waals surface area (Å²) < 4.78 is 15.0. The standard InChI is InChI=1S/C26H30ClN5O4S/c1-14-11-16(12-19(27)21(14)28)13-29-24(31-25(34)36-26(3,4)5)30-23(33)20-15(2)37-32-22(20)17-7-9-18(35-6)10-8-17/h7-12H,13,28H2,1-6H3,(H2,29,30,31,33,34). The van der Waals surface area contributed by atoms with Crippen molar-refractivity contribution in [3.8, 4) is 17.0 Å². The van der Waals surface area contributed by atoms with Crippen LogP contribution in [-0.2, 0) is 11.3 Å². The fourth-order valence-corrected chi connectivity index (χ4v) is 4.35. The predicted molar refractivity (Wildman–Crippen MR) is 147 cm³/mol. The van der Waals surface area contributed by atoms with Crippen LogP contribution in [0.2, 0.25) is 5.02 Å². The van der Waals surface area contributed by atoms with Gasteiger partial charge in [0, 0.05) is 10.4 Å². The van der Waals surface area contributed by atoms with Crippen molar-refractivity contribution in [2.75, 3.05) is 12.8 Å². The Kier molecular flexibility index (Phi) is 8.77. The van der Waals surface area contributed by atoms with Gasteiger partial charge in [-0.05, 0) is 87.6 Å². The molecule has 0 atom stereocenters. The number of guanidine groups is 1. The second-order valence-electron chi connectivity index (χ2n) is 9.24. The van der Waals surface area contributed by atoms with Gasteiger partial charge in [0.25, 0.3) is 5.91 Å². The SMILES string of the molecule is COc1ccc(-c2nsc(C)c2C(=O)NC(=NCc2cc(C)c(N)c(Cl)c2)NC(=O)OC(C)(C)C)cc1. The van der Waals surface area contributed by atoms with Crippen molar-refractivity contribution < 1.29 is 19.1 Å². The van der Waals surface area contributed by atoms with E-state index in [4.69, 9.17) is 26.8 Å². The molecule has 0 bridgehead atoms. The minimum atomic E-state index is -0.756. The first-order valence-corrected chi connectivity index (χ1v) is 12.5. The van der Waals surface area contributed by atoms with Crippen molar-refractivity contribution in [3.05, 3.63) is 63.0 Å². The Bertz CT molecular complexity index is 1310. The second kappa shape index (κ2) is 11.6. The molecule has 9 nitrogen and oxygen atoms in total. The summed E-state index contributed by atoms with van der Waals surface area (Å²) in [4.78, 5) is 31.0. The quantitative estimate of drug-likeness (QED) is 0.222. The van der Waals surface area contributed by atoms with Gasteiger partial charge < -0.3 is 15.2 Å². The molecule has 0 spiro atoms. The number of hydrogen-bond acceptors (Lipinski definition) is 8. The van der Waals surface area contributed by atoms with Crippen molar-refractivity contribution in [1.82, 2.24) is 15.0 Å². The highest BCUT2D eigenvalue weighted by molar-refractivity contribution is 7.06. The molecule has 0 fully saturated rings. The zero-order valence-corrected chi connectivity index (χ0v) is 23.1. The number of hydrogen-bond donors (Lipinski definition) is 3. The molecule has 0 aliphatic carbocycles. The van der Waals surface area contributed by atoms with E-state index in [0.717, 1.165) is 16.7 Å². The number of rotatable bonds is 5. The van der Waals surface area contributed by atoms with Gasteiger partial charge in [0.1, 0.15) is 11.4 Å². The van der Waals surface area contributed by atoms with Gasteiger partial charge in [0.15, 0.2) is 0 Å². The van der Waals surface area contributed by atoms with Gasteiger partial charge in [-0.2, -0.15) is 4.37 Å². The maximum atomic E-state index is 13.4. The molecule has 11 heteroatoms. The van der Waals surface area contributed by atoms with Gasteiger partial charge in [-0.25, -0.2) is 9.79 Å². The number of carbonyl (C=O) groups is 2. The number of anilines is 1. The molecular formula is C26H30ClN5O4S. The van der Waals surface area contributed by atoms with E-state index < -0.39 is 17.6 Å². The second-order valence-corrected chi connectivity index (χ2v) is 10.6. The molecule has 2 amide bonds. The van der Waals surface area contributed by atoms with Crippen LogP contribution in [0, 0.1) is 13.8 Å². The fourth-order valence-electron chi connectivity index (χ4n) is 3.35. The number of nitrogens with one attached hydrogen (secondary N) is 2. The molecule has 37 heavy (non-hydrogen) atoms. The number of aryl methyl sites for hydroxylation is 2. The maximum Gasteiger partial charge on any atom is 0.414 e. The van der Waals surface area contributed by atoms with Crippen LogP contribution in [-0.4, -0.2) is 35.0 Å². The van der Waals surface area contributed by atoms with Crippen molar-refractivity contribution >= 4 is 46.8 Å². The predicted octanol–water partition coefficient (Wildman–Crippen LogP) is 5.48. The summed E-state index contributed by atoms with van der Waals surface area (Å²) in [6.45, 7) is 8.98. The van der Waals surface area contributed by atoms with Crippen LogP contribution in [0.5, 0.6) is 5.75 Å². The van der Waals surface area contributed by atoms with Crippen molar-refractivity contribution in [3.63, 3.8) is 0 Å². The van der Waals surface area contributed by atoms with E-state index in [1.807, 2.05) is 25.1 Å². The molecule has 196 valence electrons. The van der Waals surface area contributed by atoms with Crippen LogP contribution < -0.4 is 21.1 Å². The van der Waals surface area contributed by atoms with Crippen LogP contribution in [0.15, 0.2) is 41.4 Å². The van der Waals surface area contributed by atoms with E-state index in [2.05, 4.69) is 20.0 Å². The van der Waals surface area contributed by atoms with Crippen molar-refractivity contribution in [2.24, 2.45) is 4.99 Å². The van der Waals surface area contributed by atoms with Gasteiger partial charge in [-0.3, -0.25) is 15.4 Å². The van der Waals surface area contributed by atoms with Gasteiger partial charge in [-0.1, -0.05) is 17.7 Å². The smallest absolute Gasteiger partial charge is 0.414 e. The Morgan fingerprint density at radius 1 is 1.14 bits per heavy atom. The highest BCUT2D eigenvalue weighted by atomic mass is 35.5. The van der Waals surface area contributed by atoms with Gasteiger partial charge in [0.2, 0.25) is 5.96 Å². The molecule has 3 rings (SSSR count). The van der Waals surface area contributed by atoms with E-state index in [1.54, 1.807) is 53.0 Å². The lowest BCUT2D eigenvalue weighted by Gasteiger charge is -2.20. The first kappa shape index (κ1) is 27.9. The average Bonchev–Trinajstić information content (AvgIpc) is 3.21. The lowest BCUT2D eigenvalue weighted by atomic mass is 10.1. The number of ether oxygens (including phenoxy) is 2. The number of aromatic nitrogens is 1. The summed E-state index contributed by atoms with van der Waals surface area (Å²) >= 11 is 7.42. The maximum absolute atomic E-state index is 13.4. The average molecular weight is 544 g/mol. The van der Waals surface area contributed by atoms with E-state index in [1.165, 1.54) is 11.5 Å². The third-order valence-electron chi connectivity index (χ3n) is 5.12. The third-order valence-corrected chi connectivity index (χ3v) is 6.18. The summed E-state index contributed by atoms with van der Waals surface area (Å²) in [5, 5.41) is 5.64. The first-order valence-electron chi connectivity index (χ1n) is 11.4. The summed E-state index contributed by atoms with van der Waals surface area (Å²) in [6.07, 6.45) is -0.756. The summed E-state index contributed by atoms with van der Waals surface area (Å²) in [6, 6.07) is 10.8. The number of halogens is 1. The number of carbonyl (C=O) groups excluding carboxylic acids is 2. The van der Waals surface area contributed by atoms with Crippen LogP contribution in [0.4, 0.5) is 10.5 Å². The highest BCUT2D eigenvalue weighted by Crippen LogP contribution is 2.29. The number of amides is 2. The van der Waals surface area contributed by atoms with E-state index in [0.29, 0.717) is 32.6 Å². The van der Waals surface area contributed by atoms with Crippen LogP contribution in [0.3, 0.4) is 0 Å². The Balaban J connectivity index is 1.90. The zero-order valence-electron chi connectivity index (χ0n) is 21.6. The number of nitrogens with zero attached hydrogens (tertiary/aromatic N) is 2. The van der Waals surface area contributed by atoms with E-state index in [9.17, 15) is 9.59 Å².